The molecule has 1 heterocycles. The summed E-state index contributed by atoms with van der Waals surface area (Å²) in [5, 5.41) is 9.47. The summed E-state index contributed by atoms with van der Waals surface area (Å²) in [6.45, 7) is 0. The second-order valence-corrected chi connectivity index (χ2v) is 0.997. The zero-order chi connectivity index (χ0) is 6.85. The molecule has 0 saturated heterocycles. The van der Waals surface area contributed by atoms with Crippen molar-refractivity contribution in [3.63, 3.8) is 0 Å². The maximum atomic E-state index is 9.71. The summed E-state index contributed by atoms with van der Waals surface area (Å²) < 4.78 is 7.56. The second-order valence-electron chi connectivity index (χ2n) is 0.997. The van der Waals surface area contributed by atoms with Gasteiger partial charge in [-0.25, -0.2) is 0 Å². The number of rotatable bonds is 1. The van der Waals surface area contributed by atoms with Crippen molar-refractivity contribution >= 4 is 6.16 Å². The van der Waals surface area contributed by atoms with E-state index >= 15 is 0 Å². The molecule has 50 valence electrons. The van der Waals surface area contributed by atoms with E-state index in [1.807, 2.05) is 0 Å². The molecule has 0 aliphatic carbocycles. The van der Waals surface area contributed by atoms with Crippen LogP contribution < -0.4 is 67.2 Å². The molecule has 0 unspecified atom stereocenters. The summed E-state index contributed by atoms with van der Waals surface area (Å²) in [7, 11) is 0. The molecule has 0 aliphatic heterocycles. The quantitative estimate of drug-likeness (QED) is 0.394. The van der Waals surface area contributed by atoms with Crippen molar-refractivity contribution in [1.29, 1.82) is 0 Å². The third-order valence-electron chi connectivity index (χ3n) is 0.447. The number of hydrogen-bond donors (Lipinski definition) is 0. The predicted octanol–water partition coefficient (Wildman–Crippen LogP) is -5.19. The first-order valence-corrected chi connectivity index (χ1v) is 1.77. The van der Waals surface area contributed by atoms with Crippen molar-refractivity contribution in [3.8, 4) is 0 Å². The van der Waals surface area contributed by atoms with Crippen molar-refractivity contribution < 1.29 is 75.2 Å². The van der Waals surface area contributed by atoms with Crippen molar-refractivity contribution in [3.05, 3.63) is 10.6 Å². The van der Waals surface area contributed by atoms with E-state index in [9.17, 15) is 14.7 Å². The summed E-state index contributed by atoms with van der Waals surface area (Å²) in [4.78, 5) is 22.7. The Morgan fingerprint density at radius 2 is 2.10 bits per heavy atom. The average molecular weight is 173 g/mol. The molecule has 0 fully saturated rings. The fourth-order valence-corrected chi connectivity index (χ4v) is 0.227. The zero-order valence-electron chi connectivity index (χ0n) is 4.90. The smallest absolute Gasteiger partial charge is 0.424 e. The van der Waals surface area contributed by atoms with Gasteiger partial charge in [0.05, 0.1) is 5.08 Å². The summed E-state index contributed by atoms with van der Waals surface area (Å²) in [6.07, 6.45) is -1.87. The van der Waals surface area contributed by atoms with Crippen LogP contribution in [0.15, 0.2) is 13.8 Å². The fraction of sp³-hybridized carbons (Fsp3) is 0. The zero-order valence-corrected chi connectivity index (χ0v) is 8.02. The van der Waals surface area contributed by atoms with Gasteiger partial charge in [-0.1, -0.05) is 0 Å². The van der Waals surface area contributed by atoms with Crippen LogP contribution in [-0.2, 0) is 0 Å². The molecule has 0 N–H and O–H groups in total. The molecule has 0 bridgehead atoms. The number of carboxylic acid groups (broad SMARTS) is 1. The Morgan fingerprint density at radius 3 is 2.40 bits per heavy atom. The predicted molar refractivity (Wildman–Crippen MR) is 17.2 cm³/mol. The van der Waals surface area contributed by atoms with Gasteiger partial charge >= 0.3 is 57.2 Å². The van der Waals surface area contributed by atoms with Gasteiger partial charge in [-0.15, -0.1) is 0 Å². The Kier molecular flexibility index (Phi) is 3.97. The van der Waals surface area contributed by atoms with Crippen LogP contribution in [0.25, 0.3) is 0 Å². The Hall–Kier alpha value is -0.0236. The maximum absolute atomic E-state index is 9.71. The summed E-state index contributed by atoms with van der Waals surface area (Å²) >= 11 is 0. The van der Waals surface area contributed by atoms with Crippen LogP contribution in [0, 0.1) is 0 Å². The summed E-state index contributed by atoms with van der Waals surface area (Å²) in [6, 6.07) is 0. The fourth-order valence-electron chi connectivity index (χ4n) is 0.227. The number of carbonyl (C=O) groups excluding carboxylic acids is 1. The molecular weight excluding hydrogens is 173 g/mol. The molecule has 7 nitrogen and oxygen atoms in total. The average Bonchev–Trinajstić information content (AvgIpc) is 1.60. The van der Waals surface area contributed by atoms with Crippen LogP contribution in [0.3, 0.4) is 0 Å². The monoisotopic (exact) mass is 173 g/mol. The first-order valence-electron chi connectivity index (χ1n) is 1.77. The Balaban J connectivity index is 0.000000810. The van der Waals surface area contributed by atoms with Crippen molar-refractivity contribution in [2.24, 2.45) is 0 Å². The molecule has 1 aromatic rings. The molecule has 0 aliphatic rings. The minimum Gasteiger partial charge on any atom is -0.424 e. The van der Waals surface area contributed by atoms with Gasteiger partial charge in [-0.2, -0.15) is 4.79 Å². The number of carbonyl (C=O) groups is 1. The van der Waals surface area contributed by atoms with Crippen LogP contribution in [0.1, 0.15) is 0 Å². The van der Waals surface area contributed by atoms with Crippen LogP contribution in [0.2, 0.25) is 0 Å². The summed E-state index contributed by atoms with van der Waals surface area (Å²) in [5.74, 6) is -1.03. The molecule has 1 rings (SSSR count). The molecule has 0 atom stereocenters. The van der Waals surface area contributed by atoms with Crippen LogP contribution in [0.4, 0.5) is 4.79 Å². The Labute approximate surface area is 95.8 Å². The normalized spacial score (nSPS) is 8.40. The van der Waals surface area contributed by atoms with Crippen molar-refractivity contribution in [2.45, 2.75) is 0 Å². The van der Waals surface area contributed by atoms with E-state index in [1.54, 1.807) is 0 Å². The second kappa shape index (κ2) is 3.98. The molecule has 0 spiro atoms. The van der Waals surface area contributed by atoms with Crippen molar-refractivity contribution in [1.82, 2.24) is 5.08 Å². The molecule has 8 heteroatoms. The van der Waals surface area contributed by atoms with Gasteiger partial charge in [0.2, 0.25) is 0 Å². The number of hydrogen-bond acceptors (Lipinski definition) is 6. The minimum atomic E-state index is -1.87. The first-order chi connectivity index (χ1) is 4.18. The molecule has 0 saturated carbocycles. The minimum absolute atomic E-state index is 0. The Bertz CT molecular complexity index is 240. The van der Waals surface area contributed by atoms with Gasteiger partial charge in [0, 0.05) is 0 Å². The van der Waals surface area contributed by atoms with Crippen molar-refractivity contribution in [2.75, 3.05) is 0 Å². The molecule has 0 aromatic carbocycles. The third kappa shape index (κ3) is 2.71. The third-order valence-corrected chi connectivity index (χ3v) is 0.447. The van der Waals surface area contributed by atoms with Gasteiger partial charge in [-0.3, -0.25) is 9.05 Å². The van der Waals surface area contributed by atoms with Gasteiger partial charge < -0.3 is 14.7 Å². The topological polar surface area (TPSA) is 97.6 Å². The first kappa shape index (κ1) is 9.98. The molecular formula is C2KNO6. The molecule has 10 heavy (non-hydrogen) atoms. The van der Waals surface area contributed by atoms with E-state index in [0.29, 0.717) is 0 Å². The largest absolute Gasteiger partial charge is 1.00 e. The van der Waals surface area contributed by atoms with E-state index in [-0.39, 0.29) is 56.5 Å². The van der Waals surface area contributed by atoms with Gasteiger partial charge in [0.1, 0.15) is 0 Å². The van der Waals surface area contributed by atoms with Crippen LogP contribution >= 0.6 is 0 Å². The SMILES string of the molecule is O=C([O-])On1oc(=O)o1.[K+]. The summed E-state index contributed by atoms with van der Waals surface area (Å²) in [5.41, 5.74) is 0. The van der Waals surface area contributed by atoms with E-state index in [0.717, 1.165) is 0 Å². The molecule has 0 radical (unpaired) electrons. The van der Waals surface area contributed by atoms with Gasteiger partial charge in [0.25, 0.3) is 6.16 Å². The van der Waals surface area contributed by atoms with Crippen LogP contribution in [0.5, 0.6) is 0 Å². The number of nitrogens with zero attached hydrogens (tertiary/aromatic N) is 1. The van der Waals surface area contributed by atoms with E-state index in [1.165, 1.54) is 0 Å². The molecule has 0 amide bonds. The standard InChI is InChI=1S/C2HNO6.K/c4-1(5)7-3-8-2(6)9-3;/h(H,4,5);/q;+1/p-1. The van der Waals surface area contributed by atoms with E-state index < -0.39 is 12.0 Å². The van der Waals surface area contributed by atoms with Crippen LogP contribution in [-0.4, -0.2) is 11.2 Å². The van der Waals surface area contributed by atoms with E-state index in [4.69, 9.17) is 0 Å². The van der Waals surface area contributed by atoms with Gasteiger partial charge in [0.15, 0.2) is 0 Å². The van der Waals surface area contributed by atoms with E-state index in [2.05, 4.69) is 13.9 Å². The molecule has 1 aromatic heterocycles. The van der Waals surface area contributed by atoms with Gasteiger partial charge in [-0.05, 0) is 0 Å². The Morgan fingerprint density at radius 1 is 1.60 bits per heavy atom. The maximum Gasteiger partial charge on any atom is 1.00 e. The number of aromatic nitrogens is 1.